The minimum atomic E-state index is -3.04. The number of hydrogen-bond donors (Lipinski definition) is 2. The minimum absolute atomic E-state index is 0.425. The molecule has 0 bridgehead atoms. The number of carbonyl (C=O) groups is 1. The van der Waals surface area contributed by atoms with Crippen LogP contribution >= 0.6 is 11.3 Å². The Morgan fingerprint density at radius 1 is 1.37 bits per heavy atom. The number of nitrogens with one attached hydrogen (secondary N) is 1. The van der Waals surface area contributed by atoms with Crippen LogP contribution in [0.3, 0.4) is 0 Å². The molecule has 1 aliphatic rings. The van der Waals surface area contributed by atoms with Crippen LogP contribution < -0.4 is 11.1 Å². The molecule has 0 aromatic carbocycles. The Morgan fingerprint density at radius 2 is 2.11 bits per heavy atom. The highest BCUT2D eigenvalue weighted by Crippen LogP contribution is 2.29. The van der Waals surface area contributed by atoms with Crippen LogP contribution in [0.15, 0.2) is 6.07 Å². The van der Waals surface area contributed by atoms with Crippen molar-refractivity contribution in [3.63, 3.8) is 0 Å². The zero-order valence-electron chi connectivity index (χ0n) is 10.7. The maximum atomic E-state index is 13.0. The first-order valence-corrected chi connectivity index (χ1v) is 7.31. The van der Waals surface area contributed by atoms with Gasteiger partial charge in [0.25, 0.3) is 11.8 Å². The average molecular weight is 288 g/mol. The van der Waals surface area contributed by atoms with Gasteiger partial charge in [0.1, 0.15) is 0 Å². The molecule has 0 aliphatic heterocycles. The summed E-state index contributed by atoms with van der Waals surface area (Å²) in [4.78, 5) is 13.6. The smallest absolute Gasteiger partial charge is 0.277 e. The van der Waals surface area contributed by atoms with Gasteiger partial charge in [0.2, 0.25) is 0 Å². The third-order valence-corrected chi connectivity index (χ3v) is 4.51. The molecule has 0 saturated carbocycles. The maximum Gasteiger partial charge on any atom is 0.277 e. The molecule has 1 aromatic heterocycles. The van der Waals surface area contributed by atoms with Crippen molar-refractivity contribution in [2.24, 2.45) is 5.73 Å². The SMILES string of the molecule is NCC(F)(F)CNC(=O)c1cc2c(s1)CCCCC2. The lowest BCUT2D eigenvalue weighted by Crippen LogP contribution is -2.41. The molecule has 2 rings (SSSR count). The molecule has 3 nitrogen and oxygen atoms in total. The van der Waals surface area contributed by atoms with Crippen LogP contribution in [0.25, 0.3) is 0 Å². The molecule has 0 unspecified atom stereocenters. The van der Waals surface area contributed by atoms with E-state index in [1.165, 1.54) is 28.2 Å². The Hall–Kier alpha value is -1.01. The van der Waals surface area contributed by atoms with Gasteiger partial charge in [-0.2, -0.15) is 0 Å². The molecular weight excluding hydrogens is 270 g/mol. The highest BCUT2D eigenvalue weighted by molar-refractivity contribution is 7.14. The largest absolute Gasteiger partial charge is 0.345 e. The second-order valence-corrected chi connectivity index (χ2v) is 6.00. The lowest BCUT2D eigenvalue weighted by Gasteiger charge is -2.13. The Labute approximate surface area is 115 Å². The van der Waals surface area contributed by atoms with Gasteiger partial charge in [0.05, 0.1) is 18.0 Å². The van der Waals surface area contributed by atoms with Gasteiger partial charge >= 0.3 is 0 Å². The molecule has 0 atom stereocenters. The van der Waals surface area contributed by atoms with Crippen molar-refractivity contribution in [1.29, 1.82) is 0 Å². The van der Waals surface area contributed by atoms with Gasteiger partial charge in [0.15, 0.2) is 0 Å². The molecule has 1 amide bonds. The molecule has 106 valence electrons. The Bertz CT molecular complexity index is 436. The van der Waals surface area contributed by atoms with E-state index in [0.29, 0.717) is 4.88 Å². The predicted molar refractivity (Wildman–Crippen MR) is 71.9 cm³/mol. The van der Waals surface area contributed by atoms with E-state index in [9.17, 15) is 13.6 Å². The lowest BCUT2D eigenvalue weighted by molar-refractivity contribution is 0.0119. The Morgan fingerprint density at radius 3 is 2.84 bits per heavy atom. The van der Waals surface area contributed by atoms with Crippen LogP contribution in [0.2, 0.25) is 0 Å². The summed E-state index contributed by atoms with van der Waals surface area (Å²) in [6, 6.07) is 1.85. The second-order valence-electron chi connectivity index (χ2n) is 4.86. The standard InChI is InChI=1S/C13H18F2N2OS/c14-13(15,7-16)8-17-12(18)11-6-9-4-2-1-3-5-10(9)19-11/h6H,1-5,7-8,16H2,(H,17,18). The highest BCUT2D eigenvalue weighted by atomic mass is 32.1. The number of fused-ring (bicyclic) bond motifs is 1. The van der Waals surface area contributed by atoms with Crippen molar-refractivity contribution >= 4 is 17.2 Å². The molecule has 3 N–H and O–H groups in total. The van der Waals surface area contributed by atoms with Crippen LogP contribution in [0.4, 0.5) is 8.78 Å². The van der Waals surface area contributed by atoms with E-state index in [0.717, 1.165) is 25.7 Å². The van der Waals surface area contributed by atoms with Crippen LogP contribution in [0.1, 0.15) is 39.4 Å². The maximum absolute atomic E-state index is 13.0. The van der Waals surface area contributed by atoms with E-state index >= 15 is 0 Å². The van der Waals surface area contributed by atoms with Crippen molar-refractivity contribution < 1.29 is 13.6 Å². The Balaban J connectivity index is 2.00. The summed E-state index contributed by atoms with van der Waals surface area (Å²) >= 11 is 1.43. The number of aryl methyl sites for hydroxylation is 2. The molecule has 0 spiro atoms. The zero-order chi connectivity index (χ0) is 13.9. The highest BCUT2D eigenvalue weighted by Gasteiger charge is 2.28. The first-order chi connectivity index (χ1) is 9.02. The Kier molecular flexibility index (Phi) is 4.52. The number of carbonyl (C=O) groups excluding carboxylic acids is 1. The first-order valence-electron chi connectivity index (χ1n) is 6.49. The number of amides is 1. The van der Waals surface area contributed by atoms with E-state index in [-0.39, 0.29) is 0 Å². The van der Waals surface area contributed by atoms with Gasteiger partial charge in [-0.25, -0.2) is 8.78 Å². The fraction of sp³-hybridized carbons (Fsp3) is 0.615. The fourth-order valence-electron chi connectivity index (χ4n) is 2.15. The van der Waals surface area contributed by atoms with Crippen LogP contribution in [-0.2, 0) is 12.8 Å². The molecular formula is C13H18F2N2OS. The molecule has 1 heterocycles. The quantitative estimate of drug-likeness (QED) is 0.836. The van der Waals surface area contributed by atoms with E-state index in [1.54, 1.807) is 0 Å². The second kappa shape index (κ2) is 5.96. The van der Waals surface area contributed by atoms with E-state index in [4.69, 9.17) is 5.73 Å². The van der Waals surface area contributed by atoms with Gasteiger partial charge in [-0.15, -0.1) is 11.3 Å². The van der Waals surface area contributed by atoms with Crippen molar-refractivity contribution in [2.45, 2.75) is 38.0 Å². The first kappa shape index (κ1) is 14.4. The number of nitrogens with two attached hydrogens (primary N) is 1. The van der Waals surface area contributed by atoms with E-state index in [1.807, 2.05) is 6.07 Å². The van der Waals surface area contributed by atoms with E-state index < -0.39 is 24.9 Å². The van der Waals surface area contributed by atoms with Crippen molar-refractivity contribution in [2.75, 3.05) is 13.1 Å². The van der Waals surface area contributed by atoms with Gasteiger partial charge in [-0.05, 0) is 37.3 Å². The monoisotopic (exact) mass is 288 g/mol. The van der Waals surface area contributed by atoms with Crippen molar-refractivity contribution in [3.05, 3.63) is 21.4 Å². The number of halogens is 2. The number of alkyl halides is 2. The lowest BCUT2D eigenvalue weighted by atomic mass is 10.1. The summed E-state index contributed by atoms with van der Waals surface area (Å²) in [6.07, 6.45) is 5.46. The molecule has 19 heavy (non-hydrogen) atoms. The summed E-state index contributed by atoms with van der Waals surface area (Å²) in [7, 11) is 0. The average Bonchev–Trinajstić information content (AvgIpc) is 2.68. The third kappa shape index (κ3) is 3.73. The van der Waals surface area contributed by atoms with Crippen LogP contribution in [0.5, 0.6) is 0 Å². The van der Waals surface area contributed by atoms with Gasteiger partial charge in [0, 0.05) is 4.88 Å². The fourth-order valence-corrected chi connectivity index (χ4v) is 3.32. The van der Waals surface area contributed by atoms with Crippen molar-refractivity contribution in [1.82, 2.24) is 5.32 Å². The summed E-state index contributed by atoms with van der Waals surface area (Å²) in [5.41, 5.74) is 6.14. The molecule has 1 aliphatic carbocycles. The summed E-state index contributed by atoms with van der Waals surface area (Å²) < 4.78 is 25.9. The predicted octanol–water partition coefficient (Wildman–Crippen LogP) is 2.34. The normalized spacial score (nSPS) is 15.7. The van der Waals surface area contributed by atoms with Gasteiger partial charge < -0.3 is 11.1 Å². The summed E-state index contributed by atoms with van der Waals surface area (Å²) in [5, 5.41) is 2.26. The molecule has 0 radical (unpaired) electrons. The number of thiophene rings is 1. The molecule has 0 saturated heterocycles. The number of rotatable bonds is 4. The van der Waals surface area contributed by atoms with E-state index in [2.05, 4.69) is 5.32 Å². The topological polar surface area (TPSA) is 55.1 Å². The molecule has 0 fully saturated rings. The van der Waals surface area contributed by atoms with Crippen molar-refractivity contribution in [3.8, 4) is 0 Å². The molecule has 6 heteroatoms. The summed E-state index contributed by atoms with van der Waals surface area (Å²) in [6.45, 7) is -1.46. The van der Waals surface area contributed by atoms with Crippen LogP contribution in [-0.4, -0.2) is 24.9 Å². The minimum Gasteiger partial charge on any atom is -0.345 e. The van der Waals surface area contributed by atoms with Crippen LogP contribution in [0, 0.1) is 0 Å². The molecule has 1 aromatic rings. The number of hydrogen-bond acceptors (Lipinski definition) is 3. The van der Waals surface area contributed by atoms with Gasteiger partial charge in [-0.3, -0.25) is 4.79 Å². The third-order valence-electron chi connectivity index (χ3n) is 3.28. The van der Waals surface area contributed by atoms with Gasteiger partial charge in [-0.1, -0.05) is 6.42 Å². The zero-order valence-corrected chi connectivity index (χ0v) is 11.5. The summed E-state index contributed by atoms with van der Waals surface area (Å²) in [5.74, 6) is -3.46.